The van der Waals surface area contributed by atoms with Crippen molar-refractivity contribution in [2.24, 2.45) is 11.8 Å². The molecule has 3 aliphatic carbocycles. The summed E-state index contributed by atoms with van der Waals surface area (Å²) >= 11 is 0. The van der Waals surface area contributed by atoms with Gasteiger partial charge in [0.2, 0.25) is 0 Å². The monoisotopic (exact) mass is 628 g/mol. The predicted octanol–water partition coefficient (Wildman–Crippen LogP) is 7.24. The summed E-state index contributed by atoms with van der Waals surface area (Å²) < 4.78 is 20.6. The van der Waals surface area contributed by atoms with Crippen LogP contribution < -0.4 is 9.47 Å². The third-order valence-electron chi connectivity index (χ3n) is 10.5. The summed E-state index contributed by atoms with van der Waals surface area (Å²) in [7, 11) is 0. The number of phenolic OH excluding ortho intramolecular Hbond substituents is 1. The molecule has 0 aromatic heterocycles. The van der Waals surface area contributed by atoms with Gasteiger partial charge in [-0.25, -0.2) is 4.79 Å². The molecule has 1 spiro atoms. The highest BCUT2D eigenvalue weighted by atomic mass is 16.6. The lowest BCUT2D eigenvalue weighted by atomic mass is 9.51. The van der Waals surface area contributed by atoms with Crippen LogP contribution in [0.5, 0.6) is 17.2 Å². The molecular weight excluding hydrogens is 584 g/mol. The number of aromatic hydroxyl groups is 1. The maximum Gasteiger partial charge on any atom is 0.330 e. The first kappa shape index (κ1) is 32.0. The van der Waals surface area contributed by atoms with Crippen molar-refractivity contribution >= 4 is 23.6 Å². The quantitative estimate of drug-likeness (QED) is 0.228. The Balaban J connectivity index is 1.59. The molecule has 3 heterocycles. The molecule has 0 amide bonds. The lowest BCUT2D eigenvalue weighted by molar-refractivity contribution is -0.171. The molecule has 244 valence electrons. The van der Waals surface area contributed by atoms with Gasteiger partial charge in [-0.3, -0.25) is 9.59 Å². The van der Waals surface area contributed by atoms with Crippen LogP contribution in [0.4, 0.5) is 0 Å². The summed E-state index contributed by atoms with van der Waals surface area (Å²) in [6, 6.07) is 0. The molecule has 1 saturated heterocycles. The van der Waals surface area contributed by atoms with Crippen LogP contribution in [0.1, 0.15) is 103 Å². The largest absolute Gasteiger partial charge is 0.506 e. The highest BCUT2D eigenvalue weighted by Gasteiger charge is 2.81. The van der Waals surface area contributed by atoms with Crippen LogP contribution in [0.3, 0.4) is 0 Å². The molecule has 6 aliphatic rings. The van der Waals surface area contributed by atoms with Crippen molar-refractivity contribution in [3.05, 3.63) is 69.4 Å². The number of hydrogen-bond donors (Lipinski definition) is 2. The van der Waals surface area contributed by atoms with Crippen LogP contribution in [0, 0.1) is 11.8 Å². The second-order valence-electron chi connectivity index (χ2n) is 14.8. The normalized spacial score (nSPS) is 31.2. The second-order valence-corrected chi connectivity index (χ2v) is 14.8. The number of hydrogen-bond acceptors (Lipinski definition) is 7. The molecule has 46 heavy (non-hydrogen) atoms. The first-order chi connectivity index (χ1) is 21.5. The number of carbonyl (C=O) groups is 3. The van der Waals surface area contributed by atoms with Crippen LogP contribution in [0.2, 0.25) is 0 Å². The summed E-state index contributed by atoms with van der Waals surface area (Å²) in [4.78, 5) is 40.8. The van der Waals surface area contributed by atoms with E-state index in [1.54, 1.807) is 6.08 Å². The SMILES string of the molecule is CC(C)=CCC[C@]1(C)C=Cc2c(O)c3c(c(CC=C(C)C)c2O1)O[C@@]12C(=C[C@H]4C[C@@H]1C(C)(C)O[C@]2(C/C=C(/C)C(=O)O)C4=O)C3=O. The first-order valence-electron chi connectivity index (χ1n) is 16.2. The first-order valence-corrected chi connectivity index (χ1v) is 16.2. The van der Waals surface area contributed by atoms with Crippen LogP contribution in [0.25, 0.3) is 6.08 Å². The second kappa shape index (κ2) is 10.6. The van der Waals surface area contributed by atoms with Gasteiger partial charge in [0.15, 0.2) is 22.8 Å². The molecule has 1 aromatic rings. The van der Waals surface area contributed by atoms with Gasteiger partial charge in [0, 0.05) is 35.0 Å². The van der Waals surface area contributed by atoms with Gasteiger partial charge in [-0.2, -0.15) is 0 Å². The van der Waals surface area contributed by atoms with Gasteiger partial charge in [0.1, 0.15) is 28.4 Å². The van der Waals surface area contributed by atoms with Gasteiger partial charge in [-0.05, 0) is 93.2 Å². The Bertz CT molecular complexity index is 1730. The Morgan fingerprint density at radius 2 is 1.70 bits per heavy atom. The minimum absolute atomic E-state index is 0.0544. The fraction of sp³-hybridized carbons (Fsp3) is 0.500. The van der Waals surface area contributed by atoms with E-state index >= 15 is 0 Å². The highest BCUT2D eigenvalue weighted by molar-refractivity contribution is 6.19. The minimum Gasteiger partial charge on any atom is -0.506 e. The molecule has 4 bridgehead atoms. The van der Waals surface area contributed by atoms with Crippen molar-refractivity contribution < 1.29 is 38.8 Å². The van der Waals surface area contributed by atoms with E-state index in [1.165, 1.54) is 18.6 Å². The fourth-order valence-electron chi connectivity index (χ4n) is 8.17. The number of rotatable bonds is 8. The third-order valence-corrected chi connectivity index (χ3v) is 10.5. The van der Waals surface area contributed by atoms with Crippen molar-refractivity contribution in [3.8, 4) is 17.2 Å². The molecule has 7 rings (SSSR count). The smallest absolute Gasteiger partial charge is 0.330 e. The molecular formula is C38H44O8. The van der Waals surface area contributed by atoms with Crippen LogP contribution in [-0.2, 0) is 20.7 Å². The maximum atomic E-state index is 14.7. The van der Waals surface area contributed by atoms with E-state index in [0.29, 0.717) is 41.7 Å². The van der Waals surface area contributed by atoms with Gasteiger partial charge in [-0.1, -0.05) is 35.5 Å². The summed E-state index contributed by atoms with van der Waals surface area (Å²) in [5.41, 5.74) is -0.952. The summed E-state index contributed by atoms with van der Waals surface area (Å²) in [5.74, 6) is -2.28. The number of carboxylic acids is 1. The number of carbonyl (C=O) groups excluding carboxylic acids is 2. The van der Waals surface area contributed by atoms with E-state index in [9.17, 15) is 24.6 Å². The van der Waals surface area contributed by atoms with Gasteiger partial charge < -0.3 is 24.4 Å². The third kappa shape index (κ3) is 4.47. The number of phenols is 1. The van der Waals surface area contributed by atoms with Gasteiger partial charge in [-0.15, -0.1) is 0 Å². The molecule has 1 aromatic carbocycles. The zero-order chi connectivity index (χ0) is 33.6. The Morgan fingerprint density at radius 1 is 1.00 bits per heavy atom. The van der Waals surface area contributed by atoms with E-state index in [4.69, 9.17) is 14.2 Å². The van der Waals surface area contributed by atoms with Gasteiger partial charge in [0.05, 0.1) is 11.2 Å². The topological polar surface area (TPSA) is 119 Å². The number of carboxylic acid groups (broad SMARTS) is 1. The van der Waals surface area contributed by atoms with Crippen molar-refractivity contribution in [1.29, 1.82) is 0 Å². The number of ketones is 2. The van der Waals surface area contributed by atoms with E-state index in [-0.39, 0.29) is 40.8 Å². The van der Waals surface area contributed by atoms with Crippen molar-refractivity contribution in [2.75, 3.05) is 0 Å². The maximum absolute atomic E-state index is 14.7. The summed E-state index contributed by atoms with van der Waals surface area (Å²) in [6.45, 7) is 15.4. The van der Waals surface area contributed by atoms with Gasteiger partial charge >= 0.3 is 5.97 Å². The molecule has 1 saturated carbocycles. The number of ether oxygens (including phenoxy) is 3. The summed E-state index contributed by atoms with van der Waals surface area (Å²) in [5, 5.41) is 21.4. The lowest BCUT2D eigenvalue weighted by Gasteiger charge is -2.56. The molecule has 5 atom stereocenters. The molecule has 8 heteroatoms. The van der Waals surface area contributed by atoms with Crippen molar-refractivity contribution in [2.45, 2.75) is 110 Å². The van der Waals surface area contributed by atoms with Crippen LogP contribution in [-0.4, -0.2) is 50.2 Å². The van der Waals surface area contributed by atoms with E-state index in [2.05, 4.69) is 19.9 Å². The fourth-order valence-corrected chi connectivity index (χ4v) is 8.17. The van der Waals surface area contributed by atoms with Crippen LogP contribution in [0.15, 0.2) is 52.7 Å². The molecule has 0 radical (unpaired) electrons. The zero-order valence-electron chi connectivity index (χ0n) is 28.0. The Hall–Kier alpha value is -3.91. The Labute approximate surface area is 270 Å². The number of allylic oxidation sites excluding steroid dienone is 5. The molecule has 8 nitrogen and oxygen atoms in total. The average Bonchev–Trinajstić information content (AvgIpc) is 3.12. The predicted molar refractivity (Wildman–Crippen MR) is 174 cm³/mol. The number of aliphatic carboxylic acids is 1. The average molecular weight is 629 g/mol. The number of benzene rings is 1. The zero-order valence-corrected chi connectivity index (χ0v) is 28.0. The highest BCUT2D eigenvalue weighted by Crippen LogP contribution is 2.68. The Morgan fingerprint density at radius 3 is 2.35 bits per heavy atom. The minimum atomic E-state index is -1.63. The lowest BCUT2D eigenvalue weighted by Crippen LogP contribution is -2.72. The molecule has 2 N–H and O–H groups in total. The number of fused-ring (bicyclic) bond motifs is 2. The standard InChI is InChI=1S/C38H44O8/c1-20(2)10-9-15-36(8)16-14-24-29(39)28-30(40)26-18-23-19-27-35(6,7)46-37(33(23)41,17-13-22(5)34(42)43)38(26,27)45-32(28)25(31(24)44-36)12-11-21(3)4/h10-11,13-14,16,18,23,27,39H,9,12,15,17,19H2,1-8H3,(H,42,43)/b22-13-/t23-,27+,36+,37+,38-/m0/s1. The van der Waals surface area contributed by atoms with Crippen molar-refractivity contribution in [1.82, 2.24) is 0 Å². The van der Waals surface area contributed by atoms with E-state index < -0.39 is 40.1 Å². The Kier molecular flexibility index (Phi) is 7.36. The van der Waals surface area contributed by atoms with E-state index in [0.717, 1.165) is 12.0 Å². The van der Waals surface area contributed by atoms with E-state index in [1.807, 2.05) is 52.8 Å². The van der Waals surface area contributed by atoms with Crippen molar-refractivity contribution in [3.63, 3.8) is 0 Å². The van der Waals surface area contributed by atoms with Gasteiger partial charge in [0.25, 0.3) is 0 Å². The summed E-state index contributed by atoms with van der Waals surface area (Å²) in [6.07, 6.45) is 13.4. The molecule has 3 aliphatic heterocycles. The molecule has 2 fully saturated rings. The van der Waals surface area contributed by atoms with Crippen LogP contribution >= 0.6 is 0 Å². The number of Topliss-reactive ketones (excluding diaryl/α,β-unsaturated/α-hetero) is 2. The molecule has 0 unspecified atom stereocenters.